The molecule has 2 N–H and O–H groups in total. The highest BCUT2D eigenvalue weighted by molar-refractivity contribution is 8.00. The number of nitrogens with one attached hydrogen (secondary N) is 2. The summed E-state index contributed by atoms with van der Waals surface area (Å²) in [6.07, 6.45) is 33.7. The molecule has 1 rings (SSSR count). The van der Waals surface area contributed by atoms with Crippen LogP contribution >= 0.6 is 11.8 Å². The van der Waals surface area contributed by atoms with Crippen LogP contribution in [0.2, 0.25) is 0 Å². The Kier molecular flexibility index (Phi) is 23.9. The highest BCUT2D eigenvalue weighted by atomic mass is 32.2. The number of hydrogen-bond acceptors (Lipinski definition) is 9. The minimum atomic E-state index is -1.11. The summed E-state index contributed by atoms with van der Waals surface area (Å²) in [6, 6.07) is -1.11. The van der Waals surface area contributed by atoms with Crippen molar-refractivity contribution in [2.75, 3.05) is 33.1 Å². The molecule has 1 heterocycles. The molecule has 1 unspecified atom stereocenters. The Hall–Kier alpha value is -4.45. The summed E-state index contributed by atoms with van der Waals surface area (Å²) in [7, 11) is 2.31. The van der Waals surface area contributed by atoms with Crippen LogP contribution < -0.4 is 10.6 Å². The Morgan fingerprint density at radius 3 is 1.90 bits per heavy atom. The molecule has 12 heteroatoms. The van der Waals surface area contributed by atoms with E-state index in [-0.39, 0.29) is 43.5 Å². The molecule has 0 spiro atoms. The smallest absolute Gasteiger partial charge is 0.330 e. The largest absolute Gasteiger partial charge is 0.467 e. The number of nitrogens with zero attached hydrogens (tertiary/aromatic N) is 1. The van der Waals surface area contributed by atoms with Crippen LogP contribution in [0.4, 0.5) is 0 Å². The van der Waals surface area contributed by atoms with E-state index in [0.29, 0.717) is 6.42 Å². The zero-order valence-corrected chi connectivity index (χ0v) is 29.7. The molecule has 4 amide bonds. The number of rotatable bonds is 24. The molecule has 1 fully saturated rings. The van der Waals surface area contributed by atoms with Gasteiger partial charge in [0.05, 0.1) is 19.5 Å². The standard InChI is InChI=1S/C37H51N3O8S/c1-4-5-6-7-8-9-10-11-12-13-14-15-16-17-18-19-20-21-22-23-32(41)38-26-27-40-34(43)28-31(36(40)45)49-29-30(37(46)48-3)39-33(42)24-25-35(44)47-2/h5-6,8-9,11-12,14-15,17-18,20-21,24-25,30-31H,4,7,10,13,16,19,22-23,26-29H2,1-3H3,(H,38,41)(H,39,42)/b6-5-,9-8-,12-11-,15-14-,18-17-,21-20-,25-24+/t30-,31?/m0/s1. The van der Waals surface area contributed by atoms with Crippen molar-refractivity contribution in [3.63, 3.8) is 0 Å². The number of imide groups is 1. The molecule has 0 aromatic heterocycles. The van der Waals surface area contributed by atoms with E-state index in [0.717, 1.165) is 81.6 Å². The first-order valence-corrected chi connectivity index (χ1v) is 17.5. The summed E-state index contributed by atoms with van der Waals surface area (Å²) < 4.78 is 9.13. The predicted molar refractivity (Wildman–Crippen MR) is 193 cm³/mol. The number of carbonyl (C=O) groups is 6. The van der Waals surface area contributed by atoms with E-state index < -0.39 is 35.0 Å². The Labute approximate surface area is 294 Å². The normalized spacial score (nSPS) is 16.1. The van der Waals surface area contributed by atoms with Gasteiger partial charge in [-0.2, -0.15) is 0 Å². The van der Waals surface area contributed by atoms with Crippen LogP contribution in [0.1, 0.15) is 64.7 Å². The first kappa shape index (κ1) is 42.6. The van der Waals surface area contributed by atoms with Gasteiger partial charge >= 0.3 is 11.9 Å². The Bertz CT molecular complexity index is 1280. The van der Waals surface area contributed by atoms with E-state index >= 15 is 0 Å². The number of likely N-dealkylation sites (tertiary alicyclic amines) is 1. The molecule has 0 aliphatic carbocycles. The molecule has 11 nitrogen and oxygen atoms in total. The monoisotopic (exact) mass is 697 g/mol. The van der Waals surface area contributed by atoms with Crippen LogP contribution in [0.15, 0.2) is 85.1 Å². The predicted octanol–water partition coefficient (Wildman–Crippen LogP) is 4.83. The van der Waals surface area contributed by atoms with E-state index in [9.17, 15) is 28.8 Å². The van der Waals surface area contributed by atoms with Crippen molar-refractivity contribution >= 4 is 47.3 Å². The molecular weight excluding hydrogens is 646 g/mol. The van der Waals surface area contributed by atoms with Crippen molar-refractivity contribution in [3.05, 3.63) is 85.1 Å². The van der Waals surface area contributed by atoms with Gasteiger partial charge in [-0.25, -0.2) is 9.59 Å². The average molecular weight is 698 g/mol. The lowest BCUT2D eigenvalue weighted by Crippen LogP contribution is -2.43. The number of ether oxygens (including phenoxy) is 2. The minimum absolute atomic E-state index is 0.0344. The molecule has 0 aromatic rings. The number of methoxy groups -OCH3 is 2. The summed E-state index contributed by atoms with van der Waals surface area (Å²) in [5.41, 5.74) is 0. The van der Waals surface area contributed by atoms with Crippen molar-refractivity contribution in [1.82, 2.24) is 15.5 Å². The highest BCUT2D eigenvalue weighted by Crippen LogP contribution is 2.25. The van der Waals surface area contributed by atoms with Gasteiger partial charge in [-0.05, 0) is 44.9 Å². The number of amides is 4. The van der Waals surface area contributed by atoms with E-state index in [1.54, 1.807) is 0 Å². The van der Waals surface area contributed by atoms with Crippen LogP contribution in [0.3, 0.4) is 0 Å². The zero-order chi connectivity index (χ0) is 36.1. The van der Waals surface area contributed by atoms with Gasteiger partial charge in [0, 0.05) is 43.8 Å². The molecule has 49 heavy (non-hydrogen) atoms. The number of hydrogen-bond donors (Lipinski definition) is 2. The average Bonchev–Trinajstić information content (AvgIpc) is 3.37. The van der Waals surface area contributed by atoms with E-state index in [1.807, 2.05) is 12.2 Å². The first-order valence-electron chi connectivity index (χ1n) is 16.5. The van der Waals surface area contributed by atoms with Gasteiger partial charge in [-0.1, -0.05) is 79.8 Å². The van der Waals surface area contributed by atoms with Crippen LogP contribution in [0.5, 0.6) is 0 Å². The summed E-state index contributed by atoms with van der Waals surface area (Å²) in [5.74, 6) is -3.23. The second-order valence-electron chi connectivity index (χ2n) is 10.7. The maximum absolute atomic E-state index is 12.8. The van der Waals surface area contributed by atoms with E-state index in [1.165, 1.54) is 0 Å². The molecule has 1 saturated heterocycles. The van der Waals surface area contributed by atoms with Crippen LogP contribution in [-0.4, -0.2) is 84.8 Å². The van der Waals surface area contributed by atoms with Crippen molar-refractivity contribution in [1.29, 1.82) is 0 Å². The Balaban J connectivity index is 2.26. The van der Waals surface area contributed by atoms with E-state index in [2.05, 4.69) is 83.1 Å². The molecule has 1 aliphatic rings. The second-order valence-corrected chi connectivity index (χ2v) is 11.9. The van der Waals surface area contributed by atoms with E-state index in [4.69, 9.17) is 4.74 Å². The van der Waals surface area contributed by atoms with Gasteiger partial charge in [-0.15, -0.1) is 11.8 Å². The fraction of sp³-hybridized carbons (Fsp3) is 0.459. The number of thioether (sulfide) groups is 1. The molecular formula is C37H51N3O8S. The third-order valence-electron chi connectivity index (χ3n) is 6.83. The lowest BCUT2D eigenvalue weighted by atomic mass is 10.2. The molecule has 268 valence electrons. The first-order chi connectivity index (χ1) is 23.7. The van der Waals surface area contributed by atoms with Crippen LogP contribution in [0.25, 0.3) is 0 Å². The zero-order valence-electron chi connectivity index (χ0n) is 28.8. The van der Waals surface area contributed by atoms with Crippen molar-refractivity contribution in [2.45, 2.75) is 76.0 Å². The quantitative estimate of drug-likeness (QED) is 0.0627. The topological polar surface area (TPSA) is 148 Å². The van der Waals surface area contributed by atoms with Gasteiger partial charge in [-0.3, -0.25) is 24.1 Å². The van der Waals surface area contributed by atoms with Crippen molar-refractivity contribution in [3.8, 4) is 0 Å². The summed E-state index contributed by atoms with van der Waals surface area (Å²) >= 11 is 1.04. The highest BCUT2D eigenvalue weighted by Gasteiger charge is 2.39. The molecule has 0 radical (unpaired) electrons. The van der Waals surface area contributed by atoms with Crippen molar-refractivity contribution < 1.29 is 38.2 Å². The lowest BCUT2D eigenvalue weighted by molar-refractivity contribution is -0.144. The summed E-state index contributed by atoms with van der Waals surface area (Å²) in [4.78, 5) is 73.9. The molecule has 1 aliphatic heterocycles. The van der Waals surface area contributed by atoms with Crippen LogP contribution in [0, 0.1) is 0 Å². The number of esters is 2. The van der Waals surface area contributed by atoms with Gasteiger partial charge < -0.3 is 20.1 Å². The Morgan fingerprint density at radius 1 is 0.816 bits per heavy atom. The molecule has 0 bridgehead atoms. The minimum Gasteiger partial charge on any atom is -0.467 e. The SMILES string of the molecule is CC/C=C\C/C=C\C/C=C\C/C=C\C/C=C\C/C=C\CCC(=O)NCCN1C(=O)CC(SC[C@H](NC(=O)/C=C/C(=O)OC)C(=O)OC)C1=O. The van der Waals surface area contributed by atoms with Gasteiger partial charge in [0.15, 0.2) is 0 Å². The second kappa shape index (κ2) is 27.5. The molecule has 2 atom stereocenters. The summed E-state index contributed by atoms with van der Waals surface area (Å²) in [6.45, 7) is 2.30. The molecule has 0 saturated carbocycles. The van der Waals surface area contributed by atoms with Gasteiger partial charge in [0.1, 0.15) is 6.04 Å². The fourth-order valence-electron chi connectivity index (χ4n) is 4.22. The van der Waals surface area contributed by atoms with Crippen LogP contribution in [-0.2, 0) is 38.2 Å². The summed E-state index contributed by atoms with van der Waals surface area (Å²) in [5, 5.41) is 4.40. The lowest BCUT2D eigenvalue weighted by Gasteiger charge is -2.18. The molecule has 0 aromatic carbocycles. The van der Waals surface area contributed by atoms with Crippen molar-refractivity contribution in [2.24, 2.45) is 0 Å². The number of carbonyl (C=O) groups excluding carboxylic acids is 6. The third kappa shape index (κ3) is 20.5. The number of allylic oxidation sites excluding steroid dienone is 12. The van der Waals surface area contributed by atoms with Gasteiger partial charge in [0.2, 0.25) is 23.6 Å². The Morgan fingerprint density at radius 2 is 1.37 bits per heavy atom. The van der Waals surface area contributed by atoms with Gasteiger partial charge in [0.25, 0.3) is 0 Å². The maximum atomic E-state index is 12.8. The maximum Gasteiger partial charge on any atom is 0.330 e. The third-order valence-corrected chi connectivity index (χ3v) is 8.13. The fourth-order valence-corrected chi connectivity index (χ4v) is 5.40.